The summed E-state index contributed by atoms with van der Waals surface area (Å²) in [6, 6.07) is 7.35. The van der Waals surface area contributed by atoms with Gasteiger partial charge in [0.1, 0.15) is 0 Å². The molecule has 2 aromatic rings. The maximum absolute atomic E-state index is 14.0. The van der Waals surface area contributed by atoms with E-state index < -0.39 is 17.8 Å². The van der Waals surface area contributed by atoms with E-state index in [2.05, 4.69) is 26.0 Å². The third-order valence-corrected chi connectivity index (χ3v) is 6.44. The molecule has 0 saturated heterocycles. The Balaban J connectivity index is 1.74. The molecule has 4 nitrogen and oxygen atoms in total. The molecule has 0 bridgehead atoms. The van der Waals surface area contributed by atoms with E-state index in [-0.39, 0.29) is 11.6 Å². The minimum atomic E-state index is -4.84. The number of aliphatic hydroxyl groups is 1. The number of rotatable bonds is 2. The monoisotopic (exact) mass is 459 g/mol. The largest absolute Gasteiger partial charge is 0.439 e. The Bertz CT molecular complexity index is 867. The zero-order chi connectivity index (χ0) is 19.2. The zero-order valence-corrected chi connectivity index (χ0v) is 16.6. The minimum Gasteiger partial charge on any atom is -0.362 e. The molecular formula is C18H17BrF3N3OS. The van der Waals surface area contributed by atoms with Crippen LogP contribution in [0.1, 0.15) is 32.1 Å². The van der Waals surface area contributed by atoms with Gasteiger partial charge in [-0.3, -0.25) is 0 Å². The van der Waals surface area contributed by atoms with Gasteiger partial charge in [-0.25, -0.2) is 4.98 Å². The Morgan fingerprint density at radius 3 is 2.63 bits per heavy atom. The Morgan fingerprint density at radius 1 is 1.19 bits per heavy atom. The molecule has 2 aliphatic rings. The van der Waals surface area contributed by atoms with Gasteiger partial charge in [-0.05, 0) is 31.4 Å². The molecule has 1 fully saturated rings. The van der Waals surface area contributed by atoms with Crippen LogP contribution < -0.4 is 5.01 Å². The number of aromatic nitrogens is 1. The fraction of sp³-hybridized carbons (Fsp3) is 0.444. The molecular weight excluding hydrogens is 443 g/mol. The van der Waals surface area contributed by atoms with Gasteiger partial charge in [0.2, 0.25) is 5.13 Å². The molecule has 0 amide bonds. The number of anilines is 1. The number of hydrogen-bond donors (Lipinski definition) is 1. The van der Waals surface area contributed by atoms with Gasteiger partial charge >= 0.3 is 6.18 Å². The summed E-state index contributed by atoms with van der Waals surface area (Å²) in [5, 5.41) is 17.5. The fourth-order valence-corrected chi connectivity index (χ4v) is 4.80. The number of nitrogens with zero attached hydrogens (tertiary/aromatic N) is 3. The van der Waals surface area contributed by atoms with Crippen LogP contribution >= 0.6 is 27.3 Å². The molecule has 1 saturated carbocycles. The van der Waals surface area contributed by atoms with E-state index in [1.165, 1.54) is 0 Å². The molecule has 144 valence electrons. The van der Waals surface area contributed by atoms with Crippen LogP contribution in [0.25, 0.3) is 11.3 Å². The van der Waals surface area contributed by atoms with Crippen LogP contribution in [0.3, 0.4) is 0 Å². The van der Waals surface area contributed by atoms with Crippen molar-refractivity contribution in [1.82, 2.24) is 4.98 Å². The molecule has 1 aliphatic carbocycles. The highest BCUT2D eigenvalue weighted by Crippen LogP contribution is 2.50. The van der Waals surface area contributed by atoms with Gasteiger partial charge in [0.15, 0.2) is 0 Å². The first-order chi connectivity index (χ1) is 12.8. The number of fused-ring (bicyclic) bond motifs is 1. The third-order valence-electron chi connectivity index (χ3n) is 5.10. The maximum atomic E-state index is 14.0. The van der Waals surface area contributed by atoms with E-state index in [9.17, 15) is 18.3 Å². The molecule has 27 heavy (non-hydrogen) atoms. The summed E-state index contributed by atoms with van der Waals surface area (Å²) in [4.78, 5) is 4.34. The van der Waals surface area contributed by atoms with E-state index in [0.29, 0.717) is 29.3 Å². The van der Waals surface area contributed by atoms with Crippen LogP contribution in [0.2, 0.25) is 0 Å². The highest BCUT2D eigenvalue weighted by Gasteiger charge is 2.67. The van der Waals surface area contributed by atoms with E-state index in [0.717, 1.165) is 34.2 Å². The molecule has 2 atom stereocenters. The fourth-order valence-electron chi connectivity index (χ4n) is 3.70. The molecule has 2 heterocycles. The molecule has 0 spiro atoms. The summed E-state index contributed by atoms with van der Waals surface area (Å²) in [6.07, 6.45) is -1.79. The molecule has 1 aromatic carbocycles. The molecule has 1 aromatic heterocycles. The Hall–Kier alpha value is -1.45. The zero-order valence-electron chi connectivity index (χ0n) is 14.2. The van der Waals surface area contributed by atoms with Gasteiger partial charge in [-0.1, -0.05) is 40.9 Å². The highest BCUT2D eigenvalue weighted by molar-refractivity contribution is 9.10. The first-order valence-electron chi connectivity index (χ1n) is 8.69. The van der Waals surface area contributed by atoms with Gasteiger partial charge in [-0.2, -0.15) is 23.3 Å². The van der Waals surface area contributed by atoms with Crippen LogP contribution in [0.15, 0.2) is 39.2 Å². The summed E-state index contributed by atoms with van der Waals surface area (Å²) < 4.78 is 42.8. The van der Waals surface area contributed by atoms with Crippen molar-refractivity contribution in [2.45, 2.75) is 44.0 Å². The number of benzene rings is 1. The smallest absolute Gasteiger partial charge is 0.362 e. The molecule has 9 heteroatoms. The standard InChI is InChI=1S/C18H17BrF3N3OS/c19-12-8-6-11(7-9-12)15-10-27-16(23-15)25-17(26,18(20,21)22)13-4-2-1-3-5-14(13)24-25/h6-10,13,26H,1-5H2/t13-,17+/m1/s1. The van der Waals surface area contributed by atoms with Gasteiger partial charge in [-0.15, -0.1) is 11.3 Å². The van der Waals surface area contributed by atoms with Crippen LogP contribution in [-0.2, 0) is 0 Å². The van der Waals surface area contributed by atoms with Crippen LogP contribution in [-0.4, -0.2) is 27.7 Å². The normalized spacial score (nSPS) is 25.9. The average Bonchev–Trinajstić information content (AvgIpc) is 3.11. The van der Waals surface area contributed by atoms with Gasteiger partial charge < -0.3 is 5.11 Å². The van der Waals surface area contributed by atoms with E-state index in [4.69, 9.17) is 0 Å². The Labute approximate surface area is 166 Å². The van der Waals surface area contributed by atoms with E-state index in [1.807, 2.05) is 24.3 Å². The topological polar surface area (TPSA) is 48.7 Å². The Morgan fingerprint density at radius 2 is 1.93 bits per heavy atom. The lowest BCUT2D eigenvalue weighted by Gasteiger charge is -2.37. The second kappa shape index (κ2) is 6.86. The lowest BCUT2D eigenvalue weighted by atomic mass is 9.87. The van der Waals surface area contributed by atoms with Crippen molar-refractivity contribution in [2.75, 3.05) is 5.01 Å². The number of hydrogen-bond acceptors (Lipinski definition) is 5. The van der Waals surface area contributed by atoms with Crippen molar-refractivity contribution in [1.29, 1.82) is 0 Å². The molecule has 1 N–H and O–H groups in total. The van der Waals surface area contributed by atoms with Crippen molar-refractivity contribution in [3.8, 4) is 11.3 Å². The second-order valence-electron chi connectivity index (χ2n) is 6.80. The predicted octanol–water partition coefficient (Wildman–Crippen LogP) is 5.58. The third kappa shape index (κ3) is 3.19. The van der Waals surface area contributed by atoms with Gasteiger partial charge in [0, 0.05) is 21.1 Å². The van der Waals surface area contributed by atoms with Crippen molar-refractivity contribution in [3.63, 3.8) is 0 Å². The number of thiazole rings is 1. The molecule has 0 radical (unpaired) electrons. The Kier molecular flexibility index (Phi) is 4.80. The molecule has 4 rings (SSSR count). The van der Waals surface area contributed by atoms with E-state index in [1.54, 1.807) is 5.38 Å². The summed E-state index contributed by atoms with van der Waals surface area (Å²) in [7, 11) is 0. The summed E-state index contributed by atoms with van der Waals surface area (Å²) in [5.74, 6) is -1.04. The van der Waals surface area contributed by atoms with Gasteiger partial charge in [0.05, 0.1) is 11.6 Å². The summed E-state index contributed by atoms with van der Waals surface area (Å²) in [5.41, 5.74) is -1.27. The first kappa shape index (κ1) is 18.9. The maximum Gasteiger partial charge on any atom is 0.439 e. The van der Waals surface area contributed by atoms with Crippen LogP contribution in [0.5, 0.6) is 0 Å². The summed E-state index contributed by atoms with van der Waals surface area (Å²) in [6.45, 7) is 0. The van der Waals surface area contributed by atoms with Crippen LogP contribution in [0.4, 0.5) is 18.3 Å². The highest BCUT2D eigenvalue weighted by atomic mass is 79.9. The van der Waals surface area contributed by atoms with E-state index >= 15 is 0 Å². The van der Waals surface area contributed by atoms with Gasteiger partial charge in [0.25, 0.3) is 5.72 Å². The molecule has 1 aliphatic heterocycles. The molecule has 0 unspecified atom stereocenters. The average molecular weight is 460 g/mol. The summed E-state index contributed by atoms with van der Waals surface area (Å²) >= 11 is 4.40. The number of alkyl halides is 3. The van der Waals surface area contributed by atoms with Crippen LogP contribution in [0, 0.1) is 5.92 Å². The number of halogens is 4. The van der Waals surface area contributed by atoms with Crippen molar-refractivity contribution < 1.29 is 18.3 Å². The quantitative estimate of drug-likeness (QED) is 0.637. The SMILES string of the molecule is O[C@]1(C(F)(F)F)[C@@H]2CCCCCC2=NN1c1nc(-c2ccc(Br)cc2)cs1. The minimum absolute atomic E-state index is 0.0494. The first-order valence-corrected chi connectivity index (χ1v) is 10.4. The van der Waals surface area contributed by atoms with Crippen molar-refractivity contribution in [3.05, 3.63) is 34.1 Å². The second-order valence-corrected chi connectivity index (χ2v) is 8.55. The van der Waals surface area contributed by atoms with Crippen molar-refractivity contribution in [2.24, 2.45) is 11.0 Å². The van der Waals surface area contributed by atoms with Crippen molar-refractivity contribution >= 4 is 38.1 Å². The predicted molar refractivity (Wildman–Crippen MR) is 103 cm³/mol. The number of hydrazone groups is 1. The lowest BCUT2D eigenvalue weighted by Crippen LogP contribution is -2.60. The lowest BCUT2D eigenvalue weighted by molar-refractivity contribution is -0.268.